The van der Waals surface area contributed by atoms with Gasteiger partial charge in [-0.05, 0) is 36.8 Å². The zero-order chi connectivity index (χ0) is 24.3. The summed E-state index contributed by atoms with van der Waals surface area (Å²) in [5.74, 6) is -3.66. The molecule has 1 heterocycles. The van der Waals surface area contributed by atoms with Crippen LogP contribution in [0.4, 0.5) is 5.69 Å². The van der Waals surface area contributed by atoms with Crippen molar-refractivity contribution >= 4 is 45.3 Å². The lowest BCUT2D eigenvalue weighted by Gasteiger charge is -2.19. The molecule has 32 heavy (non-hydrogen) atoms. The molecule has 1 amide bonds. The number of aromatic nitrogens is 1. The van der Waals surface area contributed by atoms with Crippen LogP contribution in [0.25, 0.3) is 0 Å². The molecule has 1 aromatic carbocycles. The molecule has 2 aromatic rings. The number of sulfonamides is 1. The molecule has 3 N–H and O–H groups in total. The maximum atomic E-state index is 12.7. The number of amides is 1. The maximum Gasteiger partial charge on any atom is 0.414 e. The van der Waals surface area contributed by atoms with Crippen molar-refractivity contribution in [3.8, 4) is 0 Å². The number of benzene rings is 1. The minimum Gasteiger partial charge on any atom is -0.473 e. The van der Waals surface area contributed by atoms with Crippen LogP contribution < -0.4 is 5.32 Å². The molecule has 0 saturated heterocycles. The molecule has 0 spiro atoms. The topological polar surface area (TPSA) is 154 Å². The van der Waals surface area contributed by atoms with Gasteiger partial charge in [0.1, 0.15) is 0 Å². The quantitative estimate of drug-likeness (QED) is 0.379. The summed E-state index contributed by atoms with van der Waals surface area (Å²) in [6.07, 6.45) is 1.67. The van der Waals surface area contributed by atoms with E-state index in [1.807, 2.05) is 25.1 Å². The summed E-state index contributed by atoms with van der Waals surface area (Å²) in [5.41, 5.74) is 1.31. The molecule has 0 fully saturated rings. The molecule has 0 unspecified atom stereocenters. The Balaban J connectivity index is 0.000000751. The van der Waals surface area contributed by atoms with Crippen molar-refractivity contribution < 1.29 is 33.0 Å². The van der Waals surface area contributed by atoms with Gasteiger partial charge in [-0.15, -0.1) is 0 Å². The average molecular weight is 484 g/mol. The van der Waals surface area contributed by atoms with Gasteiger partial charge in [-0.2, -0.15) is 4.31 Å². The second-order valence-electron chi connectivity index (χ2n) is 6.18. The molecule has 0 radical (unpaired) electrons. The van der Waals surface area contributed by atoms with Gasteiger partial charge in [0, 0.05) is 25.0 Å². The largest absolute Gasteiger partial charge is 0.473 e. The fraction of sp³-hybridized carbons (Fsp3) is 0.300. The highest BCUT2D eigenvalue weighted by atomic mass is 32.2. The van der Waals surface area contributed by atoms with Crippen LogP contribution in [-0.2, 0) is 24.4 Å². The van der Waals surface area contributed by atoms with Gasteiger partial charge in [-0.1, -0.05) is 37.7 Å². The van der Waals surface area contributed by atoms with Gasteiger partial charge < -0.3 is 15.5 Å². The number of hydrogen-bond acceptors (Lipinski definition) is 7. The highest BCUT2D eigenvalue weighted by Gasteiger charge is 2.22. The molecule has 1 aromatic heterocycles. The number of aryl methyl sites for hydroxylation is 1. The zero-order valence-electron chi connectivity index (χ0n) is 17.8. The molecular formula is C20H25N3O7S2. The van der Waals surface area contributed by atoms with Crippen LogP contribution in [0.2, 0.25) is 0 Å². The second kappa shape index (κ2) is 12.8. The molecule has 0 aliphatic rings. The number of carbonyl (C=O) groups excluding carboxylic acids is 1. The first-order valence-corrected chi connectivity index (χ1v) is 11.9. The molecule has 174 valence electrons. The van der Waals surface area contributed by atoms with E-state index in [1.165, 1.54) is 22.1 Å². The van der Waals surface area contributed by atoms with E-state index in [0.29, 0.717) is 18.8 Å². The molecule has 12 heteroatoms. The summed E-state index contributed by atoms with van der Waals surface area (Å²) in [5, 5.41) is 18.3. The second-order valence-corrected chi connectivity index (χ2v) is 9.11. The van der Waals surface area contributed by atoms with Crippen molar-refractivity contribution in [2.75, 3.05) is 24.2 Å². The van der Waals surface area contributed by atoms with Gasteiger partial charge >= 0.3 is 11.9 Å². The fourth-order valence-electron chi connectivity index (χ4n) is 2.37. The lowest BCUT2D eigenvalue weighted by molar-refractivity contribution is -0.159. The number of rotatable bonds is 8. The minimum atomic E-state index is -3.56. The van der Waals surface area contributed by atoms with Crippen molar-refractivity contribution in [2.24, 2.45) is 0 Å². The zero-order valence-corrected chi connectivity index (χ0v) is 19.4. The lowest BCUT2D eigenvalue weighted by atomic mass is 10.2. The molecular weight excluding hydrogens is 458 g/mol. The van der Waals surface area contributed by atoms with E-state index in [2.05, 4.69) is 10.3 Å². The Bertz CT molecular complexity index is 1030. The van der Waals surface area contributed by atoms with Gasteiger partial charge in [0.2, 0.25) is 15.9 Å². The fourth-order valence-corrected chi connectivity index (χ4v) is 4.51. The van der Waals surface area contributed by atoms with Crippen LogP contribution in [0.1, 0.15) is 19.4 Å². The Hall–Kier alpha value is -2.96. The van der Waals surface area contributed by atoms with Crippen LogP contribution >= 0.6 is 11.8 Å². The van der Waals surface area contributed by atoms with Gasteiger partial charge in [-0.3, -0.25) is 4.79 Å². The van der Waals surface area contributed by atoms with Gasteiger partial charge in [-0.25, -0.2) is 23.0 Å². The van der Waals surface area contributed by atoms with Gasteiger partial charge in [0.15, 0.2) is 0 Å². The standard InChI is InChI=1S/C18H23N3O3S2.C2H2O4/c1-4-21(5-2)26(23,24)15-10-9-14(3)16(12-15)20-17(22)13-25-18-8-6-7-11-19-18;3-1(4)2(5)6/h6-12H,4-5,13H2,1-3H3,(H,20,22);(H,3,4)(H,5,6). The molecule has 0 atom stereocenters. The van der Waals surface area contributed by atoms with E-state index in [-0.39, 0.29) is 16.6 Å². The number of pyridine rings is 1. The summed E-state index contributed by atoms with van der Waals surface area (Å²) < 4.78 is 26.7. The highest BCUT2D eigenvalue weighted by Crippen LogP contribution is 2.23. The SMILES string of the molecule is CCN(CC)S(=O)(=O)c1ccc(C)c(NC(=O)CSc2ccccn2)c1.O=C(O)C(=O)O. The number of nitrogens with zero attached hydrogens (tertiary/aromatic N) is 2. The Morgan fingerprint density at radius 3 is 2.19 bits per heavy atom. The van der Waals surface area contributed by atoms with Gasteiger partial charge in [0.25, 0.3) is 0 Å². The summed E-state index contributed by atoms with van der Waals surface area (Å²) in [7, 11) is -3.56. The predicted molar refractivity (Wildman–Crippen MR) is 120 cm³/mol. The first kappa shape index (κ1) is 27.1. The number of carbonyl (C=O) groups is 3. The molecule has 0 aliphatic heterocycles. The van der Waals surface area contributed by atoms with E-state index >= 15 is 0 Å². The van der Waals surface area contributed by atoms with Crippen molar-refractivity contribution in [1.29, 1.82) is 0 Å². The van der Waals surface area contributed by atoms with Crippen molar-refractivity contribution in [3.05, 3.63) is 48.2 Å². The highest BCUT2D eigenvalue weighted by molar-refractivity contribution is 7.99. The minimum absolute atomic E-state index is 0.180. The summed E-state index contributed by atoms with van der Waals surface area (Å²) in [6.45, 7) is 6.22. The van der Waals surface area contributed by atoms with E-state index in [4.69, 9.17) is 19.8 Å². The van der Waals surface area contributed by atoms with Gasteiger partial charge in [0.05, 0.1) is 15.7 Å². The van der Waals surface area contributed by atoms with Crippen LogP contribution in [-0.4, -0.2) is 64.6 Å². The normalized spacial score (nSPS) is 10.8. The smallest absolute Gasteiger partial charge is 0.414 e. The summed E-state index contributed by atoms with van der Waals surface area (Å²) >= 11 is 1.33. The third kappa shape index (κ3) is 8.29. The summed E-state index contributed by atoms with van der Waals surface area (Å²) in [6, 6.07) is 10.3. The maximum absolute atomic E-state index is 12.7. The number of thioether (sulfide) groups is 1. The third-order valence-corrected chi connectivity index (χ3v) is 6.99. The summed E-state index contributed by atoms with van der Waals surface area (Å²) in [4.78, 5) is 34.8. The number of nitrogens with one attached hydrogen (secondary N) is 1. The predicted octanol–water partition coefficient (Wildman–Crippen LogP) is 2.31. The number of carboxylic acids is 2. The van der Waals surface area contributed by atoms with Crippen molar-refractivity contribution in [3.63, 3.8) is 0 Å². The Morgan fingerprint density at radius 2 is 1.69 bits per heavy atom. The van der Waals surface area contributed by atoms with E-state index in [0.717, 1.165) is 10.6 Å². The molecule has 0 saturated carbocycles. The van der Waals surface area contributed by atoms with E-state index in [1.54, 1.807) is 32.2 Å². The van der Waals surface area contributed by atoms with E-state index in [9.17, 15) is 13.2 Å². The van der Waals surface area contributed by atoms with Crippen LogP contribution in [0.3, 0.4) is 0 Å². The number of aliphatic carboxylic acids is 2. The van der Waals surface area contributed by atoms with E-state index < -0.39 is 22.0 Å². The van der Waals surface area contributed by atoms with Crippen LogP contribution in [0.15, 0.2) is 52.5 Å². The molecule has 10 nitrogen and oxygen atoms in total. The van der Waals surface area contributed by atoms with Crippen molar-refractivity contribution in [1.82, 2.24) is 9.29 Å². The molecule has 2 rings (SSSR count). The lowest BCUT2D eigenvalue weighted by Crippen LogP contribution is -2.30. The Morgan fingerprint density at radius 1 is 1.06 bits per heavy atom. The third-order valence-electron chi connectivity index (χ3n) is 4.00. The van der Waals surface area contributed by atoms with Crippen LogP contribution in [0.5, 0.6) is 0 Å². The monoisotopic (exact) mass is 483 g/mol. The number of hydrogen-bond donors (Lipinski definition) is 3. The number of carboxylic acid groups (broad SMARTS) is 2. The number of anilines is 1. The first-order chi connectivity index (χ1) is 15.0. The molecule has 0 aliphatic carbocycles. The Kier molecular flexibility index (Phi) is 10.8. The Labute approximate surface area is 190 Å². The first-order valence-electron chi connectivity index (χ1n) is 9.43. The van der Waals surface area contributed by atoms with Crippen molar-refractivity contribution in [2.45, 2.75) is 30.7 Å². The van der Waals surface area contributed by atoms with Crippen LogP contribution in [0, 0.1) is 6.92 Å². The molecule has 0 bridgehead atoms. The average Bonchev–Trinajstić information content (AvgIpc) is 2.75.